The molecule has 8 nitrogen and oxygen atoms in total. The van der Waals surface area contributed by atoms with Crippen molar-refractivity contribution in [2.75, 3.05) is 28.6 Å². The molecule has 0 aliphatic carbocycles. The number of amides is 2. The summed E-state index contributed by atoms with van der Waals surface area (Å²) in [5.74, 6) is 1.00. The highest BCUT2D eigenvalue weighted by Crippen LogP contribution is 2.30. The van der Waals surface area contributed by atoms with E-state index in [1.165, 1.54) is 12.4 Å². The Morgan fingerprint density at radius 3 is 2.93 bits per heavy atom. The maximum absolute atomic E-state index is 12.9. The molecule has 0 spiro atoms. The van der Waals surface area contributed by atoms with E-state index in [1.54, 1.807) is 17.3 Å². The van der Waals surface area contributed by atoms with Crippen molar-refractivity contribution >= 4 is 23.4 Å². The number of rotatable bonds is 2. The van der Waals surface area contributed by atoms with Crippen molar-refractivity contribution < 1.29 is 4.79 Å². The van der Waals surface area contributed by atoms with Crippen molar-refractivity contribution in [2.45, 2.75) is 13.3 Å². The number of nitrogens with zero attached hydrogens (tertiary/aromatic N) is 5. The summed E-state index contributed by atoms with van der Waals surface area (Å²) in [4.78, 5) is 31.6. The Labute approximate surface area is 156 Å². The maximum Gasteiger partial charge on any atom is 0.328 e. The number of nitrogens with one attached hydrogen (secondary N) is 2. The zero-order chi connectivity index (χ0) is 18.6. The molecule has 3 aromatic rings. The highest BCUT2D eigenvalue weighted by Gasteiger charge is 2.23. The lowest BCUT2D eigenvalue weighted by Gasteiger charge is -2.22. The molecule has 2 N–H and O–H groups in total. The molecule has 0 saturated carbocycles. The van der Waals surface area contributed by atoms with Gasteiger partial charge in [-0.1, -0.05) is 0 Å². The van der Waals surface area contributed by atoms with E-state index < -0.39 is 0 Å². The van der Waals surface area contributed by atoms with E-state index in [9.17, 15) is 4.79 Å². The van der Waals surface area contributed by atoms with Gasteiger partial charge in [0, 0.05) is 42.9 Å². The minimum absolute atomic E-state index is 0.281. The molecule has 8 heteroatoms. The van der Waals surface area contributed by atoms with Crippen LogP contribution in [0.5, 0.6) is 0 Å². The van der Waals surface area contributed by atoms with Gasteiger partial charge < -0.3 is 5.32 Å². The van der Waals surface area contributed by atoms with E-state index in [4.69, 9.17) is 4.98 Å². The van der Waals surface area contributed by atoms with Gasteiger partial charge in [0.15, 0.2) is 11.6 Å². The van der Waals surface area contributed by atoms with Crippen LogP contribution < -0.4 is 15.5 Å². The smallest absolute Gasteiger partial charge is 0.328 e. The lowest BCUT2D eigenvalue weighted by Crippen LogP contribution is -2.36. The summed E-state index contributed by atoms with van der Waals surface area (Å²) in [5.41, 5.74) is 3.50. The van der Waals surface area contributed by atoms with Gasteiger partial charge in [-0.2, -0.15) is 0 Å². The van der Waals surface area contributed by atoms with Crippen molar-refractivity contribution in [3.63, 3.8) is 0 Å². The molecule has 2 amide bonds. The first-order valence-electron chi connectivity index (χ1n) is 8.73. The van der Waals surface area contributed by atoms with Crippen LogP contribution in [0.25, 0.3) is 11.3 Å². The van der Waals surface area contributed by atoms with Crippen LogP contribution in [0, 0.1) is 6.92 Å². The molecule has 0 saturated heterocycles. The third kappa shape index (κ3) is 3.69. The summed E-state index contributed by atoms with van der Waals surface area (Å²) in [6, 6.07) is 7.51. The molecule has 1 aliphatic heterocycles. The largest absolute Gasteiger partial charge is 0.382 e. The zero-order valence-electron chi connectivity index (χ0n) is 14.9. The van der Waals surface area contributed by atoms with E-state index in [0.717, 1.165) is 35.6 Å². The number of anilines is 3. The number of carbonyl (C=O) groups excluding carboxylic acids is 1. The Hall–Kier alpha value is -3.55. The van der Waals surface area contributed by atoms with E-state index in [0.29, 0.717) is 18.2 Å². The molecule has 0 atom stereocenters. The van der Waals surface area contributed by atoms with Crippen molar-refractivity contribution in [3.8, 4) is 11.3 Å². The summed E-state index contributed by atoms with van der Waals surface area (Å²) in [6.45, 7) is 3.27. The van der Waals surface area contributed by atoms with E-state index in [2.05, 4.69) is 25.6 Å². The lowest BCUT2D eigenvalue weighted by atomic mass is 10.1. The summed E-state index contributed by atoms with van der Waals surface area (Å²) in [6.07, 6.45) is 7.18. The third-order valence-electron chi connectivity index (χ3n) is 4.24. The quantitative estimate of drug-likeness (QED) is 0.728. The van der Waals surface area contributed by atoms with Crippen LogP contribution >= 0.6 is 0 Å². The van der Waals surface area contributed by atoms with Gasteiger partial charge in [-0.05, 0) is 37.6 Å². The number of hydrogen-bond donors (Lipinski definition) is 2. The molecular formula is C19H19N7O. The average Bonchev–Trinajstić information content (AvgIpc) is 2.90. The van der Waals surface area contributed by atoms with Crippen LogP contribution in [-0.4, -0.2) is 39.1 Å². The fraction of sp³-hybridized carbons (Fsp3) is 0.211. The Balaban J connectivity index is 1.69. The number of hydrogen-bond acceptors (Lipinski definition) is 6. The fourth-order valence-corrected chi connectivity index (χ4v) is 2.96. The Morgan fingerprint density at radius 1 is 1.19 bits per heavy atom. The summed E-state index contributed by atoms with van der Waals surface area (Å²) in [7, 11) is 0. The monoisotopic (exact) mass is 361 g/mol. The van der Waals surface area contributed by atoms with Crippen LogP contribution in [0.2, 0.25) is 0 Å². The molecule has 0 radical (unpaired) electrons. The second-order valence-corrected chi connectivity index (χ2v) is 6.21. The zero-order valence-corrected chi connectivity index (χ0v) is 14.9. The lowest BCUT2D eigenvalue weighted by molar-refractivity contribution is 0.256. The van der Waals surface area contributed by atoms with Crippen LogP contribution in [0.3, 0.4) is 0 Å². The van der Waals surface area contributed by atoms with Gasteiger partial charge in [0.2, 0.25) is 0 Å². The van der Waals surface area contributed by atoms with Crippen molar-refractivity contribution in [2.24, 2.45) is 0 Å². The SMILES string of the molecule is Cc1cc(-c2ccc3c(n2)N(C(=O)Nc2cnccn2)CCCN3)ccn1. The normalized spacial score (nSPS) is 13.3. The number of urea groups is 1. The van der Waals surface area contributed by atoms with Crippen molar-refractivity contribution in [1.82, 2.24) is 19.9 Å². The number of fused-ring (bicyclic) bond motifs is 1. The van der Waals surface area contributed by atoms with Crippen LogP contribution in [0.1, 0.15) is 12.1 Å². The van der Waals surface area contributed by atoms with Gasteiger partial charge in [-0.15, -0.1) is 0 Å². The Kier molecular flexibility index (Phi) is 4.61. The molecule has 0 fully saturated rings. The molecule has 0 unspecified atom stereocenters. The highest BCUT2D eigenvalue weighted by atomic mass is 16.2. The standard InChI is InChI=1S/C19H19N7O/c1-13-11-14(5-7-21-13)15-3-4-16-18(24-15)26(10-2-6-22-16)19(27)25-17-12-20-8-9-23-17/h3-5,7-9,11-12,22H,2,6,10H2,1H3,(H,23,25,27). The van der Waals surface area contributed by atoms with Crippen LogP contribution in [0.15, 0.2) is 49.1 Å². The first kappa shape index (κ1) is 16.9. The first-order chi connectivity index (χ1) is 13.2. The van der Waals surface area contributed by atoms with Crippen LogP contribution in [-0.2, 0) is 0 Å². The molecular weight excluding hydrogens is 342 g/mol. The van der Waals surface area contributed by atoms with E-state index in [1.807, 2.05) is 31.2 Å². The van der Waals surface area contributed by atoms with Gasteiger partial charge in [-0.3, -0.25) is 20.2 Å². The van der Waals surface area contributed by atoms with Gasteiger partial charge in [0.1, 0.15) is 0 Å². The number of aromatic nitrogens is 4. The Morgan fingerprint density at radius 2 is 2.11 bits per heavy atom. The van der Waals surface area contributed by atoms with Crippen LogP contribution in [0.4, 0.5) is 22.1 Å². The molecule has 1 aliphatic rings. The fourth-order valence-electron chi connectivity index (χ4n) is 2.96. The number of pyridine rings is 2. The molecule has 0 aromatic carbocycles. The predicted molar refractivity (Wildman–Crippen MR) is 104 cm³/mol. The minimum Gasteiger partial charge on any atom is -0.382 e. The average molecular weight is 361 g/mol. The number of aryl methyl sites for hydroxylation is 1. The topological polar surface area (TPSA) is 95.9 Å². The maximum atomic E-state index is 12.9. The van der Waals surface area contributed by atoms with Gasteiger partial charge >= 0.3 is 6.03 Å². The van der Waals surface area contributed by atoms with Crippen molar-refractivity contribution in [1.29, 1.82) is 0 Å². The third-order valence-corrected chi connectivity index (χ3v) is 4.24. The second kappa shape index (κ2) is 7.36. The van der Waals surface area contributed by atoms with E-state index in [-0.39, 0.29) is 6.03 Å². The van der Waals surface area contributed by atoms with Gasteiger partial charge in [0.25, 0.3) is 0 Å². The van der Waals surface area contributed by atoms with Gasteiger partial charge in [-0.25, -0.2) is 14.8 Å². The minimum atomic E-state index is -0.281. The second-order valence-electron chi connectivity index (χ2n) is 6.21. The molecule has 4 heterocycles. The van der Waals surface area contributed by atoms with Gasteiger partial charge in [0.05, 0.1) is 17.6 Å². The number of carbonyl (C=O) groups is 1. The predicted octanol–water partition coefficient (Wildman–Crippen LogP) is 3.10. The van der Waals surface area contributed by atoms with E-state index >= 15 is 0 Å². The molecule has 136 valence electrons. The summed E-state index contributed by atoms with van der Waals surface area (Å²) in [5, 5.41) is 6.12. The first-order valence-corrected chi connectivity index (χ1v) is 8.73. The Bertz CT molecular complexity index is 961. The summed E-state index contributed by atoms with van der Waals surface area (Å²) >= 11 is 0. The molecule has 4 rings (SSSR count). The molecule has 0 bridgehead atoms. The van der Waals surface area contributed by atoms with Crippen molar-refractivity contribution in [3.05, 3.63) is 54.7 Å². The molecule has 3 aromatic heterocycles. The highest BCUT2D eigenvalue weighted by molar-refractivity contribution is 6.02. The molecule has 27 heavy (non-hydrogen) atoms. The summed E-state index contributed by atoms with van der Waals surface area (Å²) < 4.78 is 0.